The van der Waals surface area contributed by atoms with E-state index in [4.69, 9.17) is 4.74 Å². The minimum absolute atomic E-state index is 0.0405. The SMILES string of the molecule is OC(CC1c2c(F)cccc2-c2cncn21)C12CC3CC(C1)C(COCc1ccccc1)C(C3)C2. The molecule has 4 unspecified atom stereocenters. The van der Waals surface area contributed by atoms with Crippen molar-refractivity contribution in [2.24, 2.45) is 29.1 Å². The van der Waals surface area contributed by atoms with Crippen molar-refractivity contribution in [2.75, 3.05) is 6.61 Å². The Morgan fingerprint density at radius 1 is 1.06 bits per heavy atom. The average Bonchev–Trinajstić information content (AvgIpc) is 3.44. The number of imidazole rings is 1. The molecule has 35 heavy (non-hydrogen) atoms. The zero-order valence-corrected chi connectivity index (χ0v) is 20.0. The molecular formula is C30H33FN2O2. The molecule has 2 heterocycles. The number of fused-ring (bicyclic) bond motifs is 3. The Kier molecular flexibility index (Phi) is 5.15. The van der Waals surface area contributed by atoms with Crippen LogP contribution in [0.25, 0.3) is 11.3 Å². The van der Waals surface area contributed by atoms with Gasteiger partial charge >= 0.3 is 0 Å². The third-order valence-electron chi connectivity index (χ3n) is 9.75. The van der Waals surface area contributed by atoms with Crippen LogP contribution < -0.4 is 0 Å². The standard InChI is InChI=1S/C30H33FN2O2/c31-25-8-4-7-23-27-15-32-18-33(27)26(29(23)25)11-28(34)30-12-20-9-21(13-30)24(22(10-20)14-30)17-35-16-19-5-2-1-3-6-19/h1-8,15,18,20-22,24,26,28,34H,9-14,16-17H2. The van der Waals surface area contributed by atoms with Gasteiger partial charge in [0.1, 0.15) is 5.82 Å². The lowest BCUT2D eigenvalue weighted by Crippen LogP contribution is -2.56. The molecule has 1 N–H and O–H groups in total. The highest BCUT2D eigenvalue weighted by atomic mass is 19.1. The zero-order valence-electron chi connectivity index (χ0n) is 20.0. The molecule has 4 fully saturated rings. The monoisotopic (exact) mass is 472 g/mol. The van der Waals surface area contributed by atoms with Crippen LogP contribution in [0.4, 0.5) is 4.39 Å². The first-order valence-electron chi connectivity index (χ1n) is 13.2. The molecule has 0 radical (unpaired) electrons. The maximum atomic E-state index is 15.0. The summed E-state index contributed by atoms with van der Waals surface area (Å²) in [6.07, 6.45) is 9.55. The third-order valence-corrected chi connectivity index (χ3v) is 9.75. The van der Waals surface area contributed by atoms with Crippen LogP contribution >= 0.6 is 0 Å². The Hall–Kier alpha value is -2.50. The van der Waals surface area contributed by atoms with E-state index in [9.17, 15) is 9.50 Å². The van der Waals surface area contributed by atoms with E-state index in [1.54, 1.807) is 18.5 Å². The Balaban J connectivity index is 1.08. The van der Waals surface area contributed by atoms with Crippen molar-refractivity contribution in [3.8, 4) is 11.3 Å². The minimum Gasteiger partial charge on any atom is -0.392 e. The molecular weight excluding hydrogens is 439 g/mol. The maximum absolute atomic E-state index is 15.0. The van der Waals surface area contributed by atoms with Gasteiger partial charge in [0.15, 0.2) is 0 Å². The summed E-state index contributed by atoms with van der Waals surface area (Å²) in [4.78, 5) is 4.33. The second-order valence-electron chi connectivity index (χ2n) is 11.7. The van der Waals surface area contributed by atoms with E-state index >= 15 is 0 Å². The molecule has 182 valence electrons. The number of hydrogen-bond acceptors (Lipinski definition) is 3. The molecule has 0 saturated heterocycles. The van der Waals surface area contributed by atoms with Crippen molar-refractivity contribution in [2.45, 2.75) is 57.3 Å². The van der Waals surface area contributed by atoms with Crippen molar-refractivity contribution in [1.29, 1.82) is 0 Å². The van der Waals surface area contributed by atoms with Crippen molar-refractivity contribution in [3.05, 3.63) is 78.0 Å². The summed E-state index contributed by atoms with van der Waals surface area (Å²) in [5.41, 5.74) is 3.78. The Bertz CT molecular complexity index is 1210. The molecule has 5 aliphatic rings. The molecule has 4 atom stereocenters. The second kappa shape index (κ2) is 8.28. The minimum atomic E-state index is -0.437. The van der Waals surface area contributed by atoms with Crippen LogP contribution in [0, 0.1) is 34.9 Å². The summed E-state index contributed by atoms with van der Waals surface area (Å²) < 4.78 is 23.2. The third kappa shape index (κ3) is 3.50. The fraction of sp³-hybridized carbons (Fsp3) is 0.500. The normalized spacial score (nSPS) is 33.0. The van der Waals surface area contributed by atoms with Crippen molar-refractivity contribution in [1.82, 2.24) is 9.55 Å². The summed E-state index contributed by atoms with van der Waals surface area (Å²) in [5, 5.41) is 11.8. The number of nitrogens with zero attached hydrogens (tertiary/aromatic N) is 2. The number of aliphatic hydroxyl groups excluding tert-OH is 1. The van der Waals surface area contributed by atoms with Crippen LogP contribution in [0.5, 0.6) is 0 Å². The molecule has 4 nitrogen and oxygen atoms in total. The average molecular weight is 473 g/mol. The van der Waals surface area contributed by atoms with Gasteiger partial charge in [0.2, 0.25) is 0 Å². The Morgan fingerprint density at radius 3 is 2.66 bits per heavy atom. The highest BCUT2D eigenvalue weighted by Gasteiger charge is 2.58. The number of aromatic nitrogens is 2. The molecule has 4 saturated carbocycles. The smallest absolute Gasteiger partial charge is 0.129 e. The number of benzene rings is 2. The van der Waals surface area contributed by atoms with Crippen molar-refractivity contribution >= 4 is 0 Å². The van der Waals surface area contributed by atoms with Gasteiger partial charge < -0.3 is 14.4 Å². The molecule has 0 spiro atoms. The second-order valence-corrected chi connectivity index (χ2v) is 11.7. The first-order chi connectivity index (χ1) is 17.1. The van der Waals surface area contributed by atoms with Crippen LogP contribution in [0.15, 0.2) is 61.1 Å². The van der Waals surface area contributed by atoms with Gasteiger partial charge in [-0.3, -0.25) is 0 Å². The predicted molar refractivity (Wildman–Crippen MR) is 132 cm³/mol. The molecule has 5 heteroatoms. The number of ether oxygens (including phenoxy) is 1. The van der Waals surface area contributed by atoms with Gasteiger partial charge in [0.25, 0.3) is 0 Å². The highest BCUT2D eigenvalue weighted by molar-refractivity contribution is 5.69. The topological polar surface area (TPSA) is 47.3 Å². The summed E-state index contributed by atoms with van der Waals surface area (Å²) in [6, 6.07) is 15.5. The van der Waals surface area contributed by atoms with Crippen LogP contribution in [-0.4, -0.2) is 27.4 Å². The Labute approximate surface area is 206 Å². The van der Waals surface area contributed by atoms with Gasteiger partial charge in [-0.1, -0.05) is 42.5 Å². The first-order valence-corrected chi connectivity index (χ1v) is 13.2. The van der Waals surface area contributed by atoms with Gasteiger partial charge in [-0.25, -0.2) is 9.37 Å². The molecule has 1 aliphatic heterocycles. The Morgan fingerprint density at radius 2 is 1.86 bits per heavy atom. The maximum Gasteiger partial charge on any atom is 0.129 e. The van der Waals surface area contributed by atoms with E-state index in [0.29, 0.717) is 36.7 Å². The van der Waals surface area contributed by atoms with Gasteiger partial charge in [-0.15, -0.1) is 0 Å². The largest absolute Gasteiger partial charge is 0.392 e. The summed E-state index contributed by atoms with van der Waals surface area (Å²) in [5.74, 6) is 2.39. The number of halogens is 1. The summed E-state index contributed by atoms with van der Waals surface area (Å²) in [6.45, 7) is 1.50. The number of hydrogen-bond donors (Lipinski definition) is 1. The molecule has 1 aromatic heterocycles. The fourth-order valence-electron chi connectivity index (χ4n) is 8.45. The van der Waals surface area contributed by atoms with E-state index in [1.807, 2.05) is 18.3 Å². The molecule has 2 aromatic carbocycles. The van der Waals surface area contributed by atoms with E-state index in [1.165, 1.54) is 18.4 Å². The van der Waals surface area contributed by atoms with Gasteiger partial charge in [-0.05, 0) is 79.2 Å². The molecule has 0 amide bonds. The number of aliphatic hydroxyl groups is 1. The van der Waals surface area contributed by atoms with E-state index in [0.717, 1.165) is 42.7 Å². The van der Waals surface area contributed by atoms with Crippen LogP contribution in [0.3, 0.4) is 0 Å². The van der Waals surface area contributed by atoms with Crippen molar-refractivity contribution < 1.29 is 14.2 Å². The summed E-state index contributed by atoms with van der Waals surface area (Å²) >= 11 is 0. The van der Waals surface area contributed by atoms with Crippen LogP contribution in [0.1, 0.15) is 55.7 Å². The van der Waals surface area contributed by atoms with E-state index < -0.39 is 6.10 Å². The van der Waals surface area contributed by atoms with Gasteiger partial charge in [0.05, 0.1) is 43.6 Å². The number of rotatable bonds is 7. The molecule has 4 bridgehead atoms. The lowest BCUT2D eigenvalue weighted by molar-refractivity contribution is -0.162. The van der Waals surface area contributed by atoms with Crippen LogP contribution in [0.2, 0.25) is 0 Å². The van der Waals surface area contributed by atoms with Gasteiger partial charge in [0, 0.05) is 11.1 Å². The molecule has 3 aromatic rings. The molecule has 8 rings (SSSR count). The highest BCUT2D eigenvalue weighted by Crippen LogP contribution is 2.64. The van der Waals surface area contributed by atoms with E-state index in [2.05, 4.69) is 33.8 Å². The van der Waals surface area contributed by atoms with E-state index in [-0.39, 0.29) is 17.3 Å². The molecule has 4 aliphatic carbocycles. The quantitative estimate of drug-likeness (QED) is 0.459. The lowest BCUT2D eigenvalue weighted by Gasteiger charge is -2.61. The lowest BCUT2D eigenvalue weighted by atomic mass is 9.44. The fourth-order valence-corrected chi connectivity index (χ4v) is 8.45. The predicted octanol–water partition coefficient (Wildman–Crippen LogP) is 6.00. The zero-order chi connectivity index (χ0) is 23.6. The van der Waals surface area contributed by atoms with Crippen molar-refractivity contribution in [3.63, 3.8) is 0 Å². The summed E-state index contributed by atoms with van der Waals surface area (Å²) in [7, 11) is 0. The van der Waals surface area contributed by atoms with Gasteiger partial charge in [-0.2, -0.15) is 0 Å². The first kappa shape index (κ1) is 21.8. The van der Waals surface area contributed by atoms with Crippen LogP contribution in [-0.2, 0) is 11.3 Å².